The summed E-state index contributed by atoms with van der Waals surface area (Å²) in [6.07, 6.45) is 41.3. The van der Waals surface area contributed by atoms with Crippen molar-refractivity contribution in [3.63, 3.8) is 0 Å². The van der Waals surface area contributed by atoms with E-state index in [0.717, 1.165) is 23.7 Å². The molecule has 0 aliphatic carbocycles. The zero-order valence-electron chi connectivity index (χ0n) is 29.8. The SMILES string of the molecule is CCCCCCCC/C=C\CCCCCCCC(=O)[O-].CCCCCCCCCCCCCCCC[N+](C)(C)C.[Br-].[Na+]. The zero-order chi connectivity index (χ0) is 30.0. The van der Waals surface area contributed by atoms with Crippen molar-refractivity contribution < 1.29 is 60.9 Å². The summed E-state index contributed by atoms with van der Waals surface area (Å²) in [5.74, 6) is -0.914. The third kappa shape index (κ3) is 53.2. The van der Waals surface area contributed by atoms with Crippen LogP contribution in [0.5, 0.6) is 0 Å². The Morgan fingerprint density at radius 1 is 0.500 bits per heavy atom. The summed E-state index contributed by atoms with van der Waals surface area (Å²) in [6.45, 7) is 5.88. The van der Waals surface area contributed by atoms with E-state index < -0.39 is 5.97 Å². The summed E-state index contributed by atoms with van der Waals surface area (Å²) in [7, 11) is 6.88. The summed E-state index contributed by atoms with van der Waals surface area (Å²) in [5.41, 5.74) is 0. The number of rotatable bonds is 30. The van der Waals surface area contributed by atoms with Crippen molar-refractivity contribution in [1.29, 1.82) is 0 Å². The van der Waals surface area contributed by atoms with Gasteiger partial charge in [-0.3, -0.25) is 0 Å². The minimum absolute atomic E-state index is 0. The molecule has 0 N–H and O–H groups in total. The smallest absolute Gasteiger partial charge is 1.00 e. The average molecular weight is 669 g/mol. The third-order valence-electron chi connectivity index (χ3n) is 7.83. The molecule has 0 aromatic heterocycles. The van der Waals surface area contributed by atoms with Gasteiger partial charge in [-0.1, -0.05) is 154 Å². The van der Waals surface area contributed by atoms with Gasteiger partial charge in [-0.05, 0) is 51.4 Å². The Morgan fingerprint density at radius 3 is 1.10 bits per heavy atom. The fourth-order valence-corrected chi connectivity index (χ4v) is 5.12. The fraction of sp³-hybridized carbons (Fsp3) is 0.919. The third-order valence-corrected chi connectivity index (χ3v) is 7.83. The molecule has 0 fully saturated rings. The minimum atomic E-state index is -0.914. The van der Waals surface area contributed by atoms with E-state index in [-0.39, 0.29) is 53.0 Å². The Bertz CT molecular complexity index is 522. The molecule has 5 heteroatoms. The summed E-state index contributed by atoms with van der Waals surface area (Å²) in [4.78, 5) is 10.2. The van der Waals surface area contributed by atoms with Crippen LogP contribution in [0, 0.1) is 0 Å². The molecule has 0 heterocycles. The molecule has 0 aromatic carbocycles. The predicted octanol–water partition coefficient (Wildman–Crippen LogP) is 4.96. The standard InChI is InChI=1S/C19H42N.C18H34O2.BrH.Na/c1-5-6-7-8-9-10-11-12-13-14-15-16-17-18-19-20(2,3)4;1-2-3-4-5-6-7-8-9-10-11-12-13-14-15-16-17-18(19)20;;/h5-19H2,1-4H3;9-10H,2-8,11-17H2,1H3,(H,19,20);1H;/q+1;;;+1/p-2/b;10-9-;;. The maximum atomic E-state index is 10.2. The van der Waals surface area contributed by atoms with Gasteiger partial charge >= 0.3 is 29.6 Å². The second kappa shape index (κ2) is 41.7. The fourth-order valence-electron chi connectivity index (χ4n) is 5.12. The van der Waals surface area contributed by atoms with E-state index in [1.165, 1.54) is 161 Å². The molecule has 42 heavy (non-hydrogen) atoms. The average Bonchev–Trinajstić information content (AvgIpc) is 2.90. The molecular weight excluding hydrogens is 593 g/mol. The number of carboxylic acid groups (broad SMARTS) is 1. The van der Waals surface area contributed by atoms with Gasteiger partial charge in [0.1, 0.15) is 0 Å². The van der Waals surface area contributed by atoms with E-state index in [0.29, 0.717) is 0 Å². The Kier molecular flexibility index (Phi) is 49.1. The number of aliphatic carboxylic acids is 1. The number of carbonyl (C=O) groups excluding carboxylic acids is 1. The van der Waals surface area contributed by atoms with Crippen LogP contribution in [0.15, 0.2) is 12.2 Å². The first-order valence-electron chi connectivity index (χ1n) is 18.0. The Balaban J connectivity index is -0.000000328. The van der Waals surface area contributed by atoms with Gasteiger partial charge < -0.3 is 31.4 Å². The first-order chi connectivity index (χ1) is 19.3. The largest absolute Gasteiger partial charge is 1.00 e. The van der Waals surface area contributed by atoms with E-state index >= 15 is 0 Å². The van der Waals surface area contributed by atoms with Crippen molar-refractivity contribution in [1.82, 2.24) is 0 Å². The van der Waals surface area contributed by atoms with Crippen molar-refractivity contribution >= 4 is 5.97 Å². The molecule has 248 valence electrons. The summed E-state index contributed by atoms with van der Waals surface area (Å²) in [6, 6.07) is 0. The van der Waals surface area contributed by atoms with Crippen molar-refractivity contribution in [3.8, 4) is 0 Å². The molecule has 0 rings (SSSR count). The molecule has 0 saturated heterocycles. The molecule has 0 radical (unpaired) electrons. The number of halogens is 1. The van der Waals surface area contributed by atoms with Gasteiger partial charge in [0.05, 0.1) is 27.7 Å². The van der Waals surface area contributed by atoms with Crippen LogP contribution in [0.3, 0.4) is 0 Å². The van der Waals surface area contributed by atoms with Crippen molar-refractivity contribution in [2.75, 3.05) is 27.7 Å². The van der Waals surface area contributed by atoms with Crippen LogP contribution in [-0.4, -0.2) is 38.1 Å². The van der Waals surface area contributed by atoms with Gasteiger partial charge in [0.2, 0.25) is 0 Å². The first-order valence-corrected chi connectivity index (χ1v) is 18.0. The topological polar surface area (TPSA) is 40.1 Å². The van der Waals surface area contributed by atoms with E-state index in [4.69, 9.17) is 0 Å². The molecule has 0 spiro atoms. The molecule has 0 aliphatic rings. The van der Waals surface area contributed by atoms with Crippen molar-refractivity contribution in [3.05, 3.63) is 12.2 Å². The Morgan fingerprint density at radius 2 is 0.786 bits per heavy atom. The van der Waals surface area contributed by atoms with Gasteiger partial charge in [0, 0.05) is 5.97 Å². The minimum Gasteiger partial charge on any atom is -1.00 e. The van der Waals surface area contributed by atoms with Crippen molar-refractivity contribution in [2.24, 2.45) is 0 Å². The number of allylic oxidation sites excluding steroid dienone is 2. The number of carbonyl (C=O) groups is 1. The van der Waals surface area contributed by atoms with Gasteiger partial charge in [0.15, 0.2) is 0 Å². The molecule has 0 saturated carbocycles. The van der Waals surface area contributed by atoms with Crippen LogP contribution in [0.4, 0.5) is 0 Å². The molecule has 0 aliphatic heterocycles. The monoisotopic (exact) mass is 667 g/mol. The number of nitrogens with zero attached hydrogens (tertiary/aromatic N) is 1. The molecular formula is C37H75BrNNaO2. The normalized spacial score (nSPS) is 11.1. The number of carboxylic acids is 1. The zero-order valence-corrected chi connectivity index (χ0v) is 33.4. The summed E-state index contributed by atoms with van der Waals surface area (Å²) in [5, 5.41) is 10.2. The van der Waals surface area contributed by atoms with E-state index in [1.807, 2.05) is 0 Å². The predicted molar refractivity (Wildman–Crippen MR) is 178 cm³/mol. The van der Waals surface area contributed by atoms with Crippen LogP contribution < -0.4 is 51.6 Å². The number of unbranched alkanes of at least 4 members (excludes halogenated alkanes) is 24. The second-order valence-electron chi connectivity index (χ2n) is 13.3. The van der Waals surface area contributed by atoms with E-state index in [9.17, 15) is 9.90 Å². The maximum Gasteiger partial charge on any atom is 1.00 e. The Hall–Kier alpha value is 0.650. The van der Waals surface area contributed by atoms with E-state index in [1.54, 1.807) is 0 Å². The molecule has 0 amide bonds. The van der Waals surface area contributed by atoms with Gasteiger partial charge in [-0.25, -0.2) is 0 Å². The van der Waals surface area contributed by atoms with Crippen LogP contribution in [-0.2, 0) is 4.79 Å². The van der Waals surface area contributed by atoms with E-state index in [2.05, 4.69) is 47.1 Å². The van der Waals surface area contributed by atoms with Crippen LogP contribution in [0.2, 0.25) is 0 Å². The molecule has 0 bridgehead atoms. The Labute approximate surface area is 298 Å². The molecule has 0 aromatic rings. The quantitative estimate of drug-likeness (QED) is 0.0471. The van der Waals surface area contributed by atoms with Gasteiger partial charge in [-0.15, -0.1) is 0 Å². The number of hydrogen-bond acceptors (Lipinski definition) is 2. The second-order valence-corrected chi connectivity index (χ2v) is 13.3. The van der Waals surface area contributed by atoms with Crippen LogP contribution in [0.25, 0.3) is 0 Å². The summed E-state index contributed by atoms with van der Waals surface area (Å²) >= 11 is 0. The molecule has 0 unspecified atom stereocenters. The number of hydrogen-bond donors (Lipinski definition) is 0. The number of quaternary nitrogens is 1. The summed E-state index contributed by atoms with van der Waals surface area (Å²) < 4.78 is 1.12. The maximum absolute atomic E-state index is 10.2. The van der Waals surface area contributed by atoms with Crippen molar-refractivity contribution in [2.45, 2.75) is 194 Å². The molecule has 3 nitrogen and oxygen atoms in total. The molecule has 0 atom stereocenters. The van der Waals surface area contributed by atoms with Gasteiger partial charge in [0.25, 0.3) is 0 Å². The van der Waals surface area contributed by atoms with Crippen LogP contribution >= 0.6 is 0 Å². The van der Waals surface area contributed by atoms with Gasteiger partial charge in [-0.2, -0.15) is 0 Å². The first kappa shape index (κ1) is 49.5. The van der Waals surface area contributed by atoms with Crippen LogP contribution in [0.1, 0.15) is 194 Å².